The minimum Gasteiger partial charge on any atom is -0.469 e. The van der Waals surface area contributed by atoms with Gasteiger partial charge in [-0.25, -0.2) is 0 Å². The summed E-state index contributed by atoms with van der Waals surface area (Å²) in [6.45, 7) is 8.35. The molecule has 0 aromatic carbocycles. The second-order valence-electron chi connectivity index (χ2n) is 7.23. The van der Waals surface area contributed by atoms with Crippen LogP contribution < -0.4 is 5.32 Å². The van der Waals surface area contributed by atoms with Crippen LogP contribution in [-0.2, 0) is 14.3 Å². The van der Waals surface area contributed by atoms with Gasteiger partial charge in [-0.05, 0) is 39.2 Å². The zero-order valence-electron chi connectivity index (χ0n) is 15.6. The van der Waals surface area contributed by atoms with E-state index in [0.29, 0.717) is 12.6 Å². The number of hydrogen-bond acceptors (Lipinski definition) is 5. The van der Waals surface area contributed by atoms with Crippen molar-refractivity contribution in [1.82, 2.24) is 15.1 Å². The van der Waals surface area contributed by atoms with E-state index in [9.17, 15) is 4.79 Å². The van der Waals surface area contributed by atoms with Gasteiger partial charge in [-0.1, -0.05) is 0 Å². The summed E-state index contributed by atoms with van der Waals surface area (Å²) in [7, 11) is 1.47. The molecule has 3 aliphatic rings. The van der Waals surface area contributed by atoms with Crippen LogP contribution in [0, 0.1) is 5.92 Å². The van der Waals surface area contributed by atoms with Crippen LogP contribution in [0.5, 0.6) is 0 Å². The Balaban J connectivity index is 1.52. The van der Waals surface area contributed by atoms with Crippen molar-refractivity contribution in [2.75, 3.05) is 53.0 Å². The van der Waals surface area contributed by atoms with Gasteiger partial charge in [0.1, 0.15) is 0 Å². The van der Waals surface area contributed by atoms with Gasteiger partial charge in [0, 0.05) is 32.2 Å². The number of nitrogens with zero attached hydrogens (tertiary/aromatic N) is 3. The summed E-state index contributed by atoms with van der Waals surface area (Å²) < 4.78 is 10.9. The minimum atomic E-state index is -0.0858. The van der Waals surface area contributed by atoms with Crippen molar-refractivity contribution in [2.24, 2.45) is 10.9 Å². The first-order valence-corrected chi connectivity index (χ1v) is 9.68. The Bertz CT molecular complexity index is 477. The SMILES string of the molecule is CCNC(=NCC1CN2CCCC2CO1)N1CCC(C(=O)OC)CC1. The van der Waals surface area contributed by atoms with Gasteiger partial charge in [0.05, 0.1) is 32.3 Å². The number of hydrogen-bond donors (Lipinski definition) is 1. The first-order valence-electron chi connectivity index (χ1n) is 9.68. The van der Waals surface area contributed by atoms with Crippen molar-refractivity contribution in [1.29, 1.82) is 0 Å². The molecule has 0 spiro atoms. The summed E-state index contributed by atoms with van der Waals surface area (Å²) in [4.78, 5) is 21.3. The van der Waals surface area contributed by atoms with E-state index in [1.54, 1.807) is 0 Å². The molecular formula is C18H32N4O3. The van der Waals surface area contributed by atoms with Gasteiger partial charge in [-0.15, -0.1) is 0 Å². The number of piperidine rings is 1. The average molecular weight is 352 g/mol. The lowest BCUT2D eigenvalue weighted by atomic mass is 9.97. The predicted octanol–water partition coefficient (Wildman–Crippen LogP) is 0.700. The largest absolute Gasteiger partial charge is 0.469 e. The summed E-state index contributed by atoms with van der Waals surface area (Å²) >= 11 is 0. The standard InChI is InChI=1S/C18H32N4O3/c1-3-19-18(21-9-6-14(7-10-21)17(23)24-2)20-11-16-12-22-8-4-5-15(22)13-25-16/h14-16H,3-13H2,1-2H3,(H,19,20). The number of fused-ring (bicyclic) bond motifs is 1. The predicted molar refractivity (Wildman–Crippen MR) is 96.6 cm³/mol. The van der Waals surface area contributed by atoms with Gasteiger partial charge < -0.3 is 19.7 Å². The van der Waals surface area contributed by atoms with Gasteiger partial charge in [-0.3, -0.25) is 14.7 Å². The monoisotopic (exact) mass is 352 g/mol. The van der Waals surface area contributed by atoms with E-state index in [0.717, 1.165) is 51.6 Å². The van der Waals surface area contributed by atoms with E-state index >= 15 is 0 Å². The molecule has 7 nitrogen and oxygen atoms in total. The average Bonchev–Trinajstić information content (AvgIpc) is 3.12. The van der Waals surface area contributed by atoms with E-state index < -0.39 is 0 Å². The number of guanidine groups is 1. The number of ether oxygens (including phenoxy) is 2. The van der Waals surface area contributed by atoms with E-state index in [1.807, 2.05) is 0 Å². The Morgan fingerprint density at radius 2 is 2.08 bits per heavy atom. The molecule has 0 radical (unpaired) electrons. The maximum atomic E-state index is 11.7. The van der Waals surface area contributed by atoms with Crippen LogP contribution >= 0.6 is 0 Å². The molecule has 3 heterocycles. The topological polar surface area (TPSA) is 66.4 Å². The van der Waals surface area contributed by atoms with E-state index in [-0.39, 0.29) is 18.0 Å². The maximum Gasteiger partial charge on any atom is 0.308 e. The summed E-state index contributed by atoms with van der Waals surface area (Å²) in [6, 6.07) is 0.630. The number of rotatable bonds is 4. The zero-order valence-corrected chi connectivity index (χ0v) is 15.6. The molecule has 3 aliphatic heterocycles. The van der Waals surface area contributed by atoms with Crippen molar-refractivity contribution in [3.63, 3.8) is 0 Å². The Morgan fingerprint density at radius 1 is 1.28 bits per heavy atom. The summed E-state index contributed by atoms with van der Waals surface area (Å²) in [5.74, 6) is 0.883. The molecule has 0 aromatic heterocycles. The van der Waals surface area contributed by atoms with Gasteiger partial charge in [0.15, 0.2) is 5.96 Å². The first kappa shape index (κ1) is 18.5. The molecule has 0 amide bonds. The fraction of sp³-hybridized carbons (Fsp3) is 0.889. The highest BCUT2D eigenvalue weighted by Crippen LogP contribution is 2.23. The Labute approximate surface area is 150 Å². The van der Waals surface area contributed by atoms with Crippen LogP contribution in [0.2, 0.25) is 0 Å². The second kappa shape index (κ2) is 8.85. The van der Waals surface area contributed by atoms with Crippen molar-refractivity contribution in [3.05, 3.63) is 0 Å². The van der Waals surface area contributed by atoms with E-state index in [2.05, 4.69) is 22.0 Å². The van der Waals surface area contributed by atoms with Crippen LogP contribution in [0.3, 0.4) is 0 Å². The van der Waals surface area contributed by atoms with Crippen LogP contribution in [-0.4, -0.2) is 86.9 Å². The van der Waals surface area contributed by atoms with Gasteiger partial charge in [-0.2, -0.15) is 0 Å². The molecule has 0 aromatic rings. The van der Waals surface area contributed by atoms with E-state index in [1.165, 1.54) is 26.5 Å². The normalized spacial score (nSPS) is 28.7. The molecule has 2 atom stereocenters. The third kappa shape index (κ3) is 4.64. The Hall–Kier alpha value is -1.34. The number of morpholine rings is 1. The molecule has 0 aliphatic carbocycles. The Kier molecular flexibility index (Phi) is 6.53. The molecule has 1 N–H and O–H groups in total. The number of likely N-dealkylation sites (tertiary alicyclic amines) is 1. The molecule has 3 saturated heterocycles. The lowest BCUT2D eigenvalue weighted by molar-refractivity contribution is -0.146. The highest BCUT2D eigenvalue weighted by molar-refractivity contribution is 5.80. The van der Waals surface area contributed by atoms with Crippen molar-refractivity contribution >= 4 is 11.9 Å². The first-order chi connectivity index (χ1) is 12.2. The number of carbonyl (C=O) groups is 1. The van der Waals surface area contributed by atoms with Crippen molar-refractivity contribution < 1.29 is 14.3 Å². The molecule has 3 rings (SSSR count). The maximum absolute atomic E-state index is 11.7. The second-order valence-corrected chi connectivity index (χ2v) is 7.23. The quantitative estimate of drug-likeness (QED) is 0.456. The van der Waals surface area contributed by atoms with Gasteiger partial charge in [0.2, 0.25) is 0 Å². The smallest absolute Gasteiger partial charge is 0.308 e. The lowest BCUT2D eigenvalue weighted by Crippen LogP contribution is -2.49. The summed E-state index contributed by atoms with van der Waals surface area (Å²) in [6.07, 6.45) is 4.41. The summed E-state index contributed by atoms with van der Waals surface area (Å²) in [5, 5.41) is 3.39. The van der Waals surface area contributed by atoms with Gasteiger partial charge in [0.25, 0.3) is 0 Å². The Morgan fingerprint density at radius 3 is 2.80 bits per heavy atom. The number of carbonyl (C=O) groups excluding carboxylic acids is 1. The van der Waals surface area contributed by atoms with Gasteiger partial charge >= 0.3 is 5.97 Å². The number of esters is 1. The minimum absolute atomic E-state index is 0.0258. The lowest BCUT2D eigenvalue weighted by Gasteiger charge is -2.35. The van der Waals surface area contributed by atoms with Crippen LogP contribution in [0.15, 0.2) is 4.99 Å². The van der Waals surface area contributed by atoms with Crippen molar-refractivity contribution in [2.45, 2.75) is 44.8 Å². The highest BCUT2D eigenvalue weighted by atomic mass is 16.5. The number of aliphatic imine (C=N–C) groups is 1. The molecule has 0 bridgehead atoms. The molecular weight excluding hydrogens is 320 g/mol. The highest BCUT2D eigenvalue weighted by Gasteiger charge is 2.32. The fourth-order valence-electron chi connectivity index (χ4n) is 4.10. The molecule has 25 heavy (non-hydrogen) atoms. The zero-order chi connectivity index (χ0) is 17.6. The molecule has 0 saturated carbocycles. The fourth-order valence-corrected chi connectivity index (χ4v) is 4.10. The number of nitrogens with one attached hydrogen (secondary N) is 1. The van der Waals surface area contributed by atoms with E-state index in [4.69, 9.17) is 14.5 Å². The van der Waals surface area contributed by atoms with Crippen LogP contribution in [0.25, 0.3) is 0 Å². The number of methoxy groups -OCH3 is 1. The molecule has 3 fully saturated rings. The van der Waals surface area contributed by atoms with Crippen LogP contribution in [0.1, 0.15) is 32.6 Å². The van der Waals surface area contributed by atoms with Crippen LogP contribution in [0.4, 0.5) is 0 Å². The summed E-state index contributed by atoms with van der Waals surface area (Å²) in [5.41, 5.74) is 0. The molecule has 2 unspecified atom stereocenters. The third-order valence-corrected chi connectivity index (χ3v) is 5.57. The van der Waals surface area contributed by atoms with Crippen molar-refractivity contribution in [3.8, 4) is 0 Å². The third-order valence-electron chi connectivity index (χ3n) is 5.57. The molecule has 7 heteroatoms. The molecule has 142 valence electrons.